The summed E-state index contributed by atoms with van der Waals surface area (Å²) in [5.41, 5.74) is 6.52. The topological polar surface area (TPSA) is 64.2 Å². The highest BCUT2D eigenvalue weighted by atomic mass is 35.5. The molecule has 1 amide bonds. The van der Waals surface area contributed by atoms with Gasteiger partial charge in [-0.15, -0.1) is 11.3 Å². The highest BCUT2D eigenvalue weighted by Gasteiger charge is 2.19. The lowest BCUT2D eigenvalue weighted by molar-refractivity contribution is 0.0776. The summed E-state index contributed by atoms with van der Waals surface area (Å²) in [6.07, 6.45) is 1.48. The Balaban J connectivity index is 2.14. The summed E-state index contributed by atoms with van der Waals surface area (Å²) in [6, 6.07) is 3.72. The Morgan fingerprint density at radius 2 is 2.33 bits per heavy atom. The smallest absolute Gasteiger partial charge is 0.274 e. The van der Waals surface area contributed by atoms with Crippen LogP contribution >= 0.6 is 22.9 Å². The van der Waals surface area contributed by atoms with Crippen molar-refractivity contribution in [2.75, 3.05) is 12.8 Å². The second kappa shape index (κ2) is 4.99. The molecule has 0 bridgehead atoms. The number of aryl methyl sites for hydroxylation is 1. The van der Waals surface area contributed by atoms with Crippen molar-refractivity contribution in [2.24, 2.45) is 7.05 Å². The predicted octanol–water partition coefficient (Wildman–Crippen LogP) is 1.99. The number of carbonyl (C=O) groups excluding carboxylic acids is 1. The summed E-state index contributed by atoms with van der Waals surface area (Å²) in [5.74, 6) is -0.156. The van der Waals surface area contributed by atoms with Crippen LogP contribution in [0.25, 0.3) is 0 Å². The fraction of sp³-hybridized carbons (Fsp3) is 0.273. The number of nitrogens with zero attached hydrogens (tertiary/aromatic N) is 3. The Hall–Kier alpha value is -1.53. The molecule has 0 spiro atoms. The molecule has 0 radical (unpaired) electrons. The largest absolute Gasteiger partial charge is 0.396 e. The van der Waals surface area contributed by atoms with E-state index in [4.69, 9.17) is 17.3 Å². The molecule has 0 aromatic carbocycles. The van der Waals surface area contributed by atoms with E-state index in [-0.39, 0.29) is 5.91 Å². The maximum Gasteiger partial charge on any atom is 0.274 e. The zero-order valence-corrected chi connectivity index (χ0v) is 11.6. The Labute approximate surface area is 114 Å². The minimum atomic E-state index is -0.156. The van der Waals surface area contributed by atoms with Crippen molar-refractivity contribution in [1.82, 2.24) is 14.7 Å². The minimum absolute atomic E-state index is 0.156. The average molecular weight is 285 g/mol. The minimum Gasteiger partial charge on any atom is -0.396 e. The highest BCUT2D eigenvalue weighted by molar-refractivity contribution is 7.16. The summed E-state index contributed by atoms with van der Waals surface area (Å²) in [4.78, 5) is 14.8. The van der Waals surface area contributed by atoms with Crippen LogP contribution in [-0.2, 0) is 13.6 Å². The summed E-state index contributed by atoms with van der Waals surface area (Å²) >= 11 is 7.31. The second-order valence-electron chi connectivity index (χ2n) is 3.94. The molecular weight excluding hydrogens is 272 g/mol. The van der Waals surface area contributed by atoms with Crippen LogP contribution in [0.3, 0.4) is 0 Å². The molecule has 0 unspecified atom stereocenters. The SMILES string of the molecule is CN(Cc1ccc(Cl)s1)C(=O)c1c(N)cnn1C. The second-order valence-corrected chi connectivity index (χ2v) is 5.74. The Morgan fingerprint density at radius 3 is 2.83 bits per heavy atom. The molecule has 0 fully saturated rings. The van der Waals surface area contributed by atoms with E-state index in [1.807, 2.05) is 12.1 Å². The van der Waals surface area contributed by atoms with E-state index in [1.165, 1.54) is 22.2 Å². The van der Waals surface area contributed by atoms with Crippen molar-refractivity contribution in [3.63, 3.8) is 0 Å². The molecule has 0 aliphatic rings. The van der Waals surface area contributed by atoms with Crippen molar-refractivity contribution >= 4 is 34.5 Å². The van der Waals surface area contributed by atoms with Gasteiger partial charge in [-0.05, 0) is 12.1 Å². The average Bonchev–Trinajstić information content (AvgIpc) is 2.85. The van der Waals surface area contributed by atoms with E-state index >= 15 is 0 Å². The van der Waals surface area contributed by atoms with Gasteiger partial charge < -0.3 is 10.6 Å². The number of hydrogen-bond donors (Lipinski definition) is 1. The van der Waals surface area contributed by atoms with Gasteiger partial charge in [0.25, 0.3) is 5.91 Å². The van der Waals surface area contributed by atoms with Gasteiger partial charge in [0.15, 0.2) is 0 Å². The maximum atomic E-state index is 12.2. The standard InChI is InChI=1S/C11H13ClN4OS/c1-15(6-7-3-4-9(12)18-7)11(17)10-8(13)5-14-16(10)2/h3-5H,6,13H2,1-2H3. The predicted molar refractivity (Wildman–Crippen MR) is 72.7 cm³/mol. The maximum absolute atomic E-state index is 12.2. The molecule has 0 saturated heterocycles. The zero-order chi connectivity index (χ0) is 13.3. The van der Waals surface area contributed by atoms with E-state index in [0.29, 0.717) is 22.3 Å². The van der Waals surface area contributed by atoms with Crippen LogP contribution in [-0.4, -0.2) is 27.6 Å². The molecule has 0 atom stereocenters. The van der Waals surface area contributed by atoms with Crippen LogP contribution in [0.15, 0.2) is 18.3 Å². The summed E-state index contributed by atoms with van der Waals surface area (Å²) in [6.45, 7) is 0.501. The molecule has 2 rings (SSSR count). The number of carbonyl (C=O) groups is 1. The van der Waals surface area contributed by atoms with Gasteiger partial charge >= 0.3 is 0 Å². The number of hydrogen-bond acceptors (Lipinski definition) is 4. The third-order valence-corrected chi connectivity index (χ3v) is 3.75. The third-order valence-electron chi connectivity index (χ3n) is 2.54. The van der Waals surface area contributed by atoms with Gasteiger partial charge in [0, 0.05) is 19.0 Å². The Morgan fingerprint density at radius 1 is 1.61 bits per heavy atom. The van der Waals surface area contributed by atoms with Crippen molar-refractivity contribution in [3.05, 3.63) is 33.2 Å². The molecule has 18 heavy (non-hydrogen) atoms. The van der Waals surface area contributed by atoms with Gasteiger partial charge in [-0.25, -0.2) is 0 Å². The van der Waals surface area contributed by atoms with Crippen LogP contribution < -0.4 is 5.73 Å². The van der Waals surface area contributed by atoms with Crippen molar-refractivity contribution < 1.29 is 4.79 Å². The number of rotatable bonds is 3. The number of amides is 1. The number of nitrogens with two attached hydrogens (primary N) is 1. The molecular formula is C11H13ClN4OS. The van der Waals surface area contributed by atoms with Gasteiger partial charge in [0.1, 0.15) is 5.69 Å². The van der Waals surface area contributed by atoms with Gasteiger partial charge in [0.05, 0.1) is 22.8 Å². The fourth-order valence-electron chi connectivity index (χ4n) is 1.64. The molecule has 2 N–H and O–H groups in total. The van der Waals surface area contributed by atoms with Crippen LogP contribution in [0.2, 0.25) is 4.34 Å². The number of thiophene rings is 1. The zero-order valence-electron chi connectivity index (χ0n) is 10.1. The van der Waals surface area contributed by atoms with Crippen molar-refractivity contribution in [1.29, 1.82) is 0 Å². The molecule has 96 valence electrons. The van der Waals surface area contributed by atoms with E-state index in [1.54, 1.807) is 19.0 Å². The van der Waals surface area contributed by atoms with E-state index in [2.05, 4.69) is 5.10 Å². The van der Waals surface area contributed by atoms with Gasteiger partial charge in [-0.3, -0.25) is 9.48 Å². The lowest BCUT2D eigenvalue weighted by Crippen LogP contribution is -2.28. The molecule has 0 aliphatic carbocycles. The fourth-order valence-corrected chi connectivity index (χ4v) is 2.78. The van der Waals surface area contributed by atoms with E-state index in [9.17, 15) is 4.79 Å². The van der Waals surface area contributed by atoms with E-state index in [0.717, 1.165) is 4.88 Å². The van der Waals surface area contributed by atoms with Gasteiger partial charge in [-0.1, -0.05) is 11.6 Å². The first-order valence-electron chi connectivity index (χ1n) is 5.26. The van der Waals surface area contributed by atoms with Crippen molar-refractivity contribution in [2.45, 2.75) is 6.54 Å². The van der Waals surface area contributed by atoms with Crippen LogP contribution in [0.5, 0.6) is 0 Å². The first-order chi connectivity index (χ1) is 8.49. The third kappa shape index (κ3) is 2.49. The summed E-state index contributed by atoms with van der Waals surface area (Å²) < 4.78 is 2.20. The summed E-state index contributed by atoms with van der Waals surface area (Å²) in [7, 11) is 3.42. The highest BCUT2D eigenvalue weighted by Crippen LogP contribution is 2.23. The molecule has 0 aliphatic heterocycles. The lowest BCUT2D eigenvalue weighted by Gasteiger charge is -2.16. The molecule has 2 aromatic heterocycles. The Kier molecular flexibility index (Phi) is 3.58. The number of aromatic nitrogens is 2. The first kappa shape index (κ1) is 12.9. The monoisotopic (exact) mass is 284 g/mol. The van der Waals surface area contributed by atoms with E-state index < -0.39 is 0 Å². The number of nitrogen functional groups attached to an aromatic ring is 1. The van der Waals surface area contributed by atoms with Crippen LogP contribution in [0, 0.1) is 0 Å². The quantitative estimate of drug-likeness (QED) is 0.937. The molecule has 7 heteroatoms. The molecule has 5 nitrogen and oxygen atoms in total. The number of halogens is 1. The Bertz CT molecular complexity index is 558. The van der Waals surface area contributed by atoms with Crippen molar-refractivity contribution in [3.8, 4) is 0 Å². The first-order valence-corrected chi connectivity index (χ1v) is 6.45. The summed E-state index contributed by atoms with van der Waals surface area (Å²) in [5, 5.41) is 3.96. The van der Waals surface area contributed by atoms with Crippen LogP contribution in [0.1, 0.15) is 15.4 Å². The lowest BCUT2D eigenvalue weighted by atomic mass is 10.3. The van der Waals surface area contributed by atoms with Gasteiger partial charge in [0.2, 0.25) is 0 Å². The van der Waals surface area contributed by atoms with Crippen LogP contribution in [0.4, 0.5) is 5.69 Å². The molecule has 0 saturated carbocycles. The number of anilines is 1. The normalized spacial score (nSPS) is 10.6. The molecule has 2 aromatic rings. The molecule has 2 heterocycles. The van der Waals surface area contributed by atoms with Gasteiger partial charge in [-0.2, -0.15) is 5.10 Å².